The summed E-state index contributed by atoms with van der Waals surface area (Å²) in [5.41, 5.74) is 0.694. The van der Waals surface area contributed by atoms with Gasteiger partial charge in [-0.1, -0.05) is 18.2 Å². The molecule has 0 fully saturated rings. The Morgan fingerprint density at radius 2 is 1.67 bits per heavy atom. The molecule has 1 atom stereocenters. The molecule has 0 aliphatic carbocycles. The molecule has 1 aromatic heterocycles. The van der Waals surface area contributed by atoms with Crippen molar-refractivity contribution in [1.29, 1.82) is 0 Å². The van der Waals surface area contributed by atoms with Gasteiger partial charge in [0.1, 0.15) is 0 Å². The third kappa shape index (κ3) is 4.62. The minimum Gasteiger partial charge on any atom is -0.345 e. The van der Waals surface area contributed by atoms with E-state index >= 15 is 0 Å². The van der Waals surface area contributed by atoms with Gasteiger partial charge in [0.15, 0.2) is 11.6 Å². The molecule has 33 heavy (non-hydrogen) atoms. The van der Waals surface area contributed by atoms with Gasteiger partial charge < -0.3 is 15.3 Å². The predicted octanol–water partition coefficient (Wildman–Crippen LogP) is 3.43. The Balaban J connectivity index is 1.58. The lowest BCUT2D eigenvalue weighted by Crippen LogP contribution is -2.28. The standard InChI is InChI=1S/C22H18F2N4O4S/c1-12(13-6-8-16(23)17(24)10-13)25-21(29)15-4-2-3-5-18(15)28-33(31,32)14-7-9-19-20(11-14)27-22(30)26-19/h2-12,28H,1H3,(H,25,29)(H2,26,27,30). The molecule has 4 aromatic rings. The summed E-state index contributed by atoms with van der Waals surface area (Å²) in [4.78, 5) is 29.2. The number of para-hydroxylation sites is 1. The Morgan fingerprint density at radius 3 is 2.42 bits per heavy atom. The van der Waals surface area contributed by atoms with Crippen LogP contribution in [0.5, 0.6) is 0 Å². The molecule has 170 valence electrons. The molecule has 8 nitrogen and oxygen atoms in total. The SMILES string of the molecule is CC(NC(=O)c1ccccc1NS(=O)(=O)c1ccc2[nH]c(=O)[nH]c2c1)c1ccc(F)c(F)c1. The van der Waals surface area contributed by atoms with E-state index in [4.69, 9.17) is 0 Å². The molecule has 0 saturated carbocycles. The van der Waals surface area contributed by atoms with Gasteiger partial charge >= 0.3 is 5.69 Å². The largest absolute Gasteiger partial charge is 0.345 e. The summed E-state index contributed by atoms with van der Waals surface area (Å²) in [5.74, 6) is -2.66. The summed E-state index contributed by atoms with van der Waals surface area (Å²) >= 11 is 0. The number of aromatic amines is 2. The Labute approximate surface area is 186 Å². The third-order valence-electron chi connectivity index (χ3n) is 5.01. The molecule has 11 heteroatoms. The Morgan fingerprint density at radius 1 is 0.939 bits per heavy atom. The number of sulfonamides is 1. The molecule has 0 aliphatic heterocycles. The number of carbonyl (C=O) groups is 1. The van der Waals surface area contributed by atoms with Gasteiger partial charge in [0, 0.05) is 0 Å². The van der Waals surface area contributed by atoms with E-state index < -0.39 is 39.3 Å². The number of aromatic nitrogens is 2. The maximum atomic E-state index is 13.5. The fraction of sp³-hybridized carbons (Fsp3) is 0.0909. The maximum Gasteiger partial charge on any atom is 0.323 e. The van der Waals surface area contributed by atoms with Crippen molar-refractivity contribution in [2.24, 2.45) is 0 Å². The average Bonchev–Trinajstić information content (AvgIpc) is 3.15. The fourth-order valence-electron chi connectivity index (χ4n) is 3.29. The summed E-state index contributed by atoms with van der Waals surface area (Å²) in [7, 11) is -4.10. The van der Waals surface area contributed by atoms with Crippen molar-refractivity contribution >= 4 is 32.7 Å². The molecule has 4 rings (SSSR count). The number of amides is 1. The van der Waals surface area contributed by atoms with Crippen LogP contribution in [0.2, 0.25) is 0 Å². The van der Waals surface area contributed by atoms with Gasteiger partial charge in [-0.05, 0) is 55.0 Å². The summed E-state index contributed by atoms with van der Waals surface area (Å²) in [6, 6.07) is 12.6. The van der Waals surface area contributed by atoms with Gasteiger partial charge in [0.2, 0.25) is 0 Å². The molecule has 0 spiro atoms. The van der Waals surface area contributed by atoms with Gasteiger partial charge in [-0.2, -0.15) is 0 Å². The van der Waals surface area contributed by atoms with E-state index in [0.29, 0.717) is 16.6 Å². The second-order valence-corrected chi connectivity index (χ2v) is 8.99. The summed E-state index contributed by atoms with van der Waals surface area (Å²) < 4.78 is 54.9. The minimum absolute atomic E-state index is 0.0233. The molecule has 0 aliphatic rings. The molecule has 0 bridgehead atoms. The first-order valence-corrected chi connectivity index (χ1v) is 11.2. The highest BCUT2D eigenvalue weighted by Gasteiger charge is 2.21. The van der Waals surface area contributed by atoms with Crippen LogP contribution >= 0.6 is 0 Å². The lowest BCUT2D eigenvalue weighted by molar-refractivity contribution is 0.0940. The monoisotopic (exact) mass is 472 g/mol. The van der Waals surface area contributed by atoms with E-state index in [1.807, 2.05) is 0 Å². The second kappa shape index (κ2) is 8.51. The Hall–Kier alpha value is -3.99. The molecular weight excluding hydrogens is 454 g/mol. The molecule has 0 saturated heterocycles. The number of nitrogens with one attached hydrogen (secondary N) is 4. The number of hydrogen-bond acceptors (Lipinski definition) is 4. The van der Waals surface area contributed by atoms with Crippen LogP contribution in [0, 0.1) is 11.6 Å². The molecule has 1 unspecified atom stereocenters. The number of halogens is 2. The van der Waals surface area contributed by atoms with Crippen LogP contribution in [0.3, 0.4) is 0 Å². The first kappa shape index (κ1) is 22.2. The Bertz CT molecular complexity index is 1530. The van der Waals surface area contributed by atoms with E-state index in [1.165, 1.54) is 36.4 Å². The number of anilines is 1. The van der Waals surface area contributed by atoms with E-state index in [-0.39, 0.29) is 16.1 Å². The van der Waals surface area contributed by atoms with E-state index in [2.05, 4.69) is 20.0 Å². The summed E-state index contributed by atoms with van der Waals surface area (Å²) in [6.07, 6.45) is 0. The van der Waals surface area contributed by atoms with Crippen molar-refractivity contribution in [2.75, 3.05) is 4.72 Å². The first-order valence-electron chi connectivity index (χ1n) is 9.74. The van der Waals surface area contributed by atoms with Crippen molar-refractivity contribution in [3.8, 4) is 0 Å². The van der Waals surface area contributed by atoms with E-state index in [9.17, 15) is 26.8 Å². The number of hydrogen-bond donors (Lipinski definition) is 4. The van der Waals surface area contributed by atoms with Gasteiger partial charge in [-0.3, -0.25) is 9.52 Å². The lowest BCUT2D eigenvalue weighted by atomic mass is 10.1. The number of benzene rings is 3. The number of imidazole rings is 1. The quantitative estimate of drug-likeness (QED) is 0.343. The van der Waals surface area contributed by atoms with Crippen LogP contribution in [0.1, 0.15) is 28.9 Å². The van der Waals surface area contributed by atoms with Gasteiger partial charge in [-0.25, -0.2) is 22.0 Å². The number of carbonyl (C=O) groups excluding carboxylic acids is 1. The smallest absolute Gasteiger partial charge is 0.323 e. The third-order valence-corrected chi connectivity index (χ3v) is 6.37. The van der Waals surface area contributed by atoms with Crippen LogP contribution in [-0.4, -0.2) is 24.3 Å². The molecule has 1 amide bonds. The van der Waals surface area contributed by atoms with Gasteiger partial charge in [0.25, 0.3) is 15.9 Å². The normalized spacial score (nSPS) is 12.5. The number of rotatable bonds is 6. The van der Waals surface area contributed by atoms with Gasteiger partial charge in [-0.15, -0.1) is 0 Å². The second-order valence-electron chi connectivity index (χ2n) is 7.31. The van der Waals surface area contributed by atoms with Crippen molar-refractivity contribution in [1.82, 2.24) is 15.3 Å². The predicted molar refractivity (Wildman–Crippen MR) is 118 cm³/mol. The minimum atomic E-state index is -4.10. The molecule has 4 N–H and O–H groups in total. The highest BCUT2D eigenvalue weighted by atomic mass is 32.2. The lowest BCUT2D eigenvalue weighted by Gasteiger charge is -2.17. The first-order chi connectivity index (χ1) is 15.6. The average molecular weight is 472 g/mol. The van der Waals surface area contributed by atoms with Crippen molar-refractivity contribution in [3.63, 3.8) is 0 Å². The zero-order chi connectivity index (χ0) is 23.8. The van der Waals surface area contributed by atoms with E-state index in [0.717, 1.165) is 12.1 Å². The number of H-pyrrole nitrogens is 2. The highest BCUT2D eigenvalue weighted by molar-refractivity contribution is 7.92. The van der Waals surface area contributed by atoms with Crippen LogP contribution in [0.4, 0.5) is 14.5 Å². The van der Waals surface area contributed by atoms with Crippen molar-refractivity contribution in [3.05, 3.63) is 93.9 Å². The Kier molecular flexibility index (Phi) is 5.73. The molecule has 0 radical (unpaired) electrons. The zero-order valence-corrected chi connectivity index (χ0v) is 18.0. The maximum absolute atomic E-state index is 13.5. The van der Waals surface area contributed by atoms with Crippen molar-refractivity contribution in [2.45, 2.75) is 17.9 Å². The zero-order valence-electron chi connectivity index (χ0n) is 17.1. The topological polar surface area (TPSA) is 124 Å². The van der Waals surface area contributed by atoms with Crippen LogP contribution < -0.4 is 15.7 Å². The van der Waals surface area contributed by atoms with E-state index in [1.54, 1.807) is 19.1 Å². The highest BCUT2D eigenvalue weighted by Crippen LogP contribution is 2.23. The fourth-order valence-corrected chi connectivity index (χ4v) is 4.40. The molecule has 3 aromatic carbocycles. The summed E-state index contributed by atoms with van der Waals surface area (Å²) in [5, 5.41) is 2.65. The van der Waals surface area contributed by atoms with Crippen LogP contribution in [0.25, 0.3) is 11.0 Å². The van der Waals surface area contributed by atoms with Crippen LogP contribution in [-0.2, 0) is 10.0 Å². The molecular formula is C22H18F2N4O4S. The van der Waals surface area contributed by atoms with Crippen LogP contribution in [0.15, 0.2) is 70.4 Å². The molecule has 1 heterocycles. The summed E-state index contributed by atoms with van der Waals surface area (Å²) in [6.45, 7) is 1.59. The number of fused-ring (bicyclic) bond motifs is 1. The van der Waals surface area contributed by atoms with Gasteiger partial charge in [0.05, 0.1) is 33.2 Å². The van der Waals surface area contributed by atoms with Crippen molar-refractivity contribution < 1.29 is 22.0 Å².